The van der Waals surface area contributed by atoms with Gasteiger partial charge in [0.1, 0.15) is 0 Å². The standard InChI is InChI=1S/C15H21N3O4S/c1-9(2)14(22)17-15-16-10(8-23-15)6-12(19)18-5-3-4-11(18)7-13(20)21/h8-9,11H,3-7H2,1-2H3,(H,20,21)(H,16,17,22). The first-order chi connectivity index (χ1) is 10.9. The van der Waals surface area contributed by atoms with Gasteiger partial charge in [0.2, 0.25) is 11.8 Å². The summed E-state index contributed by atoms with van der Waals surface area (Å²) in [6, 6.07) is -0.223. The second-order valence-electron chi connectivity index (χ2n) is 5.95. The molecule has 1 aliphatic rings. The second-order valence-corrected chi connectivity index (χ2v) is 6.80. The van der Waals surface area contributed by atoms with Crippen LogP contribution >= 0.6 is 11.3 Å². The number of carboxylic acid groups (broad SMARTS) is 1. The third kappa shape index (κ3) is 4.75. The minimum Gasteiger partial charge on any atom is -0.481 e. The van der Waals surface area contributed by atoms with E-state index in [4.69, 9.17) is 5.11 Å². The number of aromatic nitrogens is 1. The Morgan fingerprint density at radius 3 is 2.87 bits per heavy atom. The summed E-state index contributed by atoms with van der Waals surface area (Å²) in [6.45, 7) is 4.19. The number of aliphatic carboxylic acids is 1. The average molecular weight is 339 g/mol. The number of nitrogens with zero attached hydrogens (tertiary/aromatic N) is 2. The van der Waals surface area contributed by atoms with Crippen LogP contribution in [-0.2, 0) is 20.8 Å². The first kappa shape index (κ1) is 17.4. The summed E-state index contributed by atoms with van der Waals surface area (Å²) in [5.41, 5.74) is 0.597. The quantitative estimate of drug-likeness (QED) is 0.822. The van der Waals surface area contributed by atoms with Crippen LogP contribution in [0.5, 0.6) is 0 Å². The van der Waals surface area contributed by atoms with Crippen LogP contribution in [0.15, 0.2) is 5.38 Å². The summed E-state index contributed by atoms with van der Waals surface area (Å²) < 4.78 is 0. The van der Waals surface area contributed by atoms with Gasteiger partial charge in [-0.15, -0.1) is 11.3 Å². The van der Waals surface area contributed by atoms with E-state index in [0.717, 1.165) is 12.8 Å². The molecule has 0 bridgehead atoms. The Hall–Kier alpha value is -1.96. The highest BCUT2D eigenvalue weighted by molar-refractivity contribution is 7.13. The normalized spacial score (nSPS) is 17.5. The molecule has 2 heterocycles. The maximum absolute atomic E-state index is 12.4. The second kappa shape index (κ2) is 7.54. The van der Waals surface area contributed by atoms with Crippen molar-refractivity contribution in [3.05, 3.63) is 11.1 Å². The van der Waals surface area contributed by atoms with E-state index in [2.05, 4.69) is 10.3 Å². The van der Waals surface area contributed by atoms with E-state index < -0.39 is 5.97 Å². The van der Waals surface area contributed by atoms with Crippen molar-refractivity contribution < 1.29 is 19.5 Å². The number of nitrogens with one attached hydrogen (secondary N) is 1. The molecule has 7 nitrogen and oxygen atoms in total. The molecule has 2 amide bonds. The third-order valence-electron chi connectivity index (χ3n) is 3.75. The molecule has 0 saturated carbocycles. The van der Waals surface area contributed by atoms with Crippen LogP contribution in [0, 0.1) is 5.92 Å². The van der Waals surface area contributed by atoms with Gasteiger partial charge in [0.05, 0.1) is 18.5 Å². The fraction of sp³-hybridized carbons (Fsp3) is 0.600. The first-order valence-corrected chi connectivity index (χ1v) is 8.51. The number of carboxylic acids is 1. The van der Waals surface area contributed by atoms with Gasteiger partial charge in [-0.05, 0) is 12.8 Å². The fourth-order valence-corrected chi connectivity index (χ4v) is 3.24. The van der Waals surface area contributed by atoms with Gasteiger partial charge in [0.25, 0.3) is 0 Å². The lowest BCUT2D eigenvalue weighted by molar-refractivity contribution is -0.139. The van der Waals surface area contributed by atoms with Crippen LogP contribution in [0.1, 0.15) is 38.8 Å². The van der Waals surface area contributed by atoms with E-state index >= 15 is 0 Å². The van der Waals surface area contributed by atoms with Crippen molar-refractivity contribution in [2.75, 3.05) is 11.9 Å². The summed E-state index contributed by atoms with van der Waals surface area (Å²) in [5.74, 6) is -1.24. The lowest BCUT2D eigenvalue weighted by atomic mass is 10.1. The molecular weight excluding hydrogens is 318 g/mol. The van der Waals surface area contributed by atoms with Crippen LogP contribution in [0.4, 0.5) is 5.13 Å². The van der Waals surface area contributed by atoms with Crippen molar-refractivity contribution in [3.63, 3.8) is 0 Å². The van der Waals surface area contributed by atoms with Gasteiger partial charge in [-0.2, -0.15) is 0 Å². The minimum atomic E-state index is -0.887. The Morgan fingerprint density at radius 2 is 2.22 bits per heavy atom. The molecule has 126 valence electrons. The van der Waals surface area contributed by atoms with Crippen molar-refractivity contribution in [2.45, 2.75) is 45.6 Å². The number of rotatable bonds is 6. The van der Waals surface area contributed by atoms with E-state index in [1.165, 1.54) is 11.3 Å². The fourth-order valence-electron chi connectivity index (χ4n) is 2.53. The molecule has 1 fully saturated rings. The Labute approximate surface area is 138 Å². The lowest BCUT2D eigenvalue weighted by Crippen LogP contribution is -2.37. The van der Waals surface area contributed by atoms with Crippen molar-refractivity contribution >= 4 is 34.3 Å². The van der Waals surface area contributed by atoms with Crippen molar-refractivity contribution in [3.8, 4) is 0 Å². The molecule has 23 heavy (non-hydrogen) atoms. The molecule has 1 aromatic heterocycles. The van der Waals surface area contributed by atoms with Crippen LogP contribution in [0.3, 0.4) is 0 Å². The largest absolute Gasteiger partial charge is 0.481 e. The van der Waals surface area contributed by atoms with E-state index in [-0.39, 0.29) is 36.6 Å². The van der Waals surface area contributed by atoms with Crippen molar-refractivity contribution in [1.29, 1.82) is 0 Å². The van der Waals surface area contributed by atoms with Gasteiger partial charge in [0, 0.05) is 23.9 Å². The topological polar surface area (TPSA) is 99.6 Å². The van der Waals surface area contributed by atoms with Crippen LogP contribution in [0.2, 0.25) is 0 Å². The zero-order valence-electron chi connectivity index (χ0n) is 13.2. The van der Waals surface area contributed by atoms with E-state index in [1.54, 1.807) is 24.1 Å². The molecule has 2 N–H and O–H groups in total. The van der Waals surface area contributed by atoms with E-state index in [0.29, 0.717) is 17.4 Å². The number of hydrogen-bond acceptors (Lipinski definition) is 5. The summed E-state index contributed by atoms with van der Waals surface area (Å²) >= 11 is 1.28. The highest BCUT2D eigenvalue weighted by atomic mass is 32.1. The van der Waals surface area contributed by atoms with E-state index in [1.807, 2.05) is 0 Å². The maximum atomic E-state index is 12.4. The van der Waals surface area contributed by atoms with Gasteiger partial charge in [-0.3, -0.25) is 14.4 Å². The molecule has 8 heteroatoms. The number of hydrogen-bond donors (Lipinski definition) is 2. The molecule has 1 unspecified atom stereocenters. The molecule has 1 saturated heterocycles. The molecule has 1 aliphatic heterocycles. The zero-order valence-corrected chi connectivity index (χ0v) is 14.1. The third-order valence-corrected chi connectivity index (χ3v) is 4.55. The maximum Gasteiger partial charge on any atom is 0.305 e. The predicted octanol–water partition coefficient (Wildman–Crippen LogP) is 1.75. The van der Waals surface area contributed by atoms with Gasteiger partial charge >= 0.3 is 5.97 Å². The number of carbonyl (C=O) groups excluding carboxylic acids is 2. The SMILES string of the molecule is CC(C)C(=O)Nc1nc(CC(=O)N2CCCC2CC(=O)O)cs1. The number of anilines is 1. The smallest absolute Gasteiger partial charge is 0.305 e. The lowest BCUT2D eigenvalue weighted by Gasteiger charge is -2.23. The van der Waals surface area contributed by atoms with Gasteiger partial charge in [-0.1, -0.05) is 13.8 Å². The molecule has 2 rings (SSSR count). The number of likely N-dealkylation sites (tertiary alicyclic amines) is 1. The van der Waals surface area contributed by atoms with E-state index in [9.17, 15) is 14.4 Å². The zero-order chi connectivity index (χ0) is 17.0. The van der Waals surface area contributed by atoms with Gasteiger partial charge < -0.3 is 15.3 Å². The first-order valence-electron chi connectivity index (χ1n) is 7.63. The molecule has 0 aromatic carbocycles. The highest BCUT2D eigenvalue weighted by Gasteiger charge is 2.30. The minimum absolute atomic E-state index is 0.0154. The number of carbonyl (C=O) groups is 3. The molecule has 0 radical (unpaired) electrons. The van der Waals surface area contributed by atoms with Crippen LogP contribution in [0.25, 0.3) is 0 Å². The Morgan fingerprint density at radius 1 is 1.48 bits per heavy atom. The molecule has 0 spiro atoms. The Bertz CT molecular complexity index is 599. The molecule has 1 atom stereocenters. The number of thiazole rings is 1. The summed E-state index contributed by atoms with van der Waals surface area (Å²) in [6.07, 6.45) is 1.67. The van der Waals surface area contributed by atoms with Crippen LogP contribution in [-0.4, -0.2) is 45.4 Å². The molecular formula is C15H21N3O4S. The molecule has 0 aliphatic carbocycles. The average Bonchev–Trinajstić information content (AvgIpc) is 3.07. The monoisotopic (exact) mass is 339 g/mol. The predicted molar refractivity (Wildman–Crippen MR) is 86.3 cm³/mol. The van der Waals surface area contributed by atoms with Gasteiger partial charge in [-0.25, -0.2) is 4.98 Å². The van der Waals surface area contributed by atoms with Crippen molar-refractivity contribution in [2.24, 2.45) is 5.92 Å². The summed E-state index contributed by atoms with van der Waals surface area (Å²) in [4.78, 5) is 40.7. The van der Waals surface area contributed by atoms with Crippen molar-refractivity contribution in [1.82, 2.24) is 9.88 Å². The summed E-state index contributed by atoms with van der Waals surface area (Å²) in [5, 5.41) is 13.8. The highest BCUT2D eigenvalue weighted by Crippen LogP contribution is 2.22. The number of amides is 2. The molecule has 1 aromatic rings. The van der Waals surface area contributed by atoms with Crippen LogP contribution < -0.4 is 5.32 Å². The summed E-state index contributed by atoms with van der Waals surface area (Å²) in [7, 11) is 0. The Balaban J connectivity index is 1.94. The van der Waals surface area contributed by atoms with Gasteiger partial charge in [0.15, 0.2) is 5.13 Å². The Kier molecular flexibility index (Phi) is 5.70.